The minimum Gasteiger partial charge on any atom is -0.439 e. The molecule has 0 saturated heterocycles. The minimum absolute atomic E-state index is 0.0673. The van der Waals surface area contributed by atoms with Crippen LogP contribution in [0.5, 0.6) is 11.6 Å². The van der Waals surface area contributed by atoms with Gasteiger partial charge in [-0.1, -0.05) is 11.6 Å². The van der Waals surface area contributed by atoms with Crippen LogP contribution in [0.2, 0.25) is 5.02 Å². The molecule has 0 fully saturated rings. The number of guanidine groups is 1. The maximum Gasteiger partial charge on any atom is 0.290 e. The number of carbonyl (C=O) groups is 1. The number of benzene rings is 1. The second-order valence-corrected chi connectivity index (χ2v) is 8.27. The first kappa shape index (κ1) is 23.3. The maximum atomic E-state index is 12.5. The van der Waals surface area contributed by atoms with Gasteiger partial charge in [-0.2, -0.15) is 8.42 Å². The summed E-state index contributed by atoms with van der Waals surface area (Å²) in [4.78, 5) is 15.6. The van der Waals surface area contributed by atoms with E-state index in [1.165, 1.54) is 6.07 Å². The molecule has 0 saturated carbocycles. The van der Waals surface area contributed by atoms with E-state index < -0.39 is 31.3 Å². The Hall–Kier alpha value is -2.93. The number of nitrogens with two attached hydrogens (primary N) is 2. The molecule has 11 nitrogen and oxygen atoms in total. The van der Waals surface area contributed by atoms with E-state index in [1.807, 2.05) is 0 Å². The lowest BCUT2D eigenvalue weighted by Crippen LogP contribution is -2.45. The van der Waals surface area contributed by atoms with Gasteiger partial charge >= 0.3 is 0 Å². The molecule has 0 aliphatic rings. The van der Waals surface area contributed by atoms with E-state index in [9.17, 15) is 18.4 Å². The smallest absolute Gasteiger partial charge is 0.290 e. The van der Waals surface area contributed by atoms with Crippen molar-refractivity contribution in [1.82, 2.24) is 14.8 Å². The second-order valence-electron chi connectivity index (χ2n) is 6.06. The molecule has 2 aromatic rings. The van der Waals surface area contributed by atoms with Crippen molar-refractivity contribution in [1.29, 1.82) is 5.41 Å². The standard InChI is InChI=1S/C17H21ClN6O5S/c18-11-3-5-12(6-4-11)29-15-8-7-13(10-23-15)30(27,28)24(26)16(25)14(19)2-1-9-22-17(20)21/h3-8,10,14,26H,1-2,9,19H2,(H4,20,21,22)/t14-/m1/s1. The highest BCUT2D eigenvalue weighted by Gasteiger charge is 2.31. The van der Waals surface area contributed by atoms with Gasteiger partial charge in [-0.25, -0.2) is 4.98 Å². The Morgan fingerprint density at radius 2 is 1.97 bits per heavy atom. The zero-order valence-electron chi connectivity index (χ0n) is 15.7. The number of halogens is 1. The van der Waals surface area contributed by atoms with Crippen molar-refractivity contribution >= 4 is 33.5 Å². The normalized spacial score (nSPS) is 12.1. The lowest BCUT2D eigenvalue weighted by Gasteiger charge is -2.19. The molecule has 0 radical (unpaired) electrons. The van der Waals surface area contributed by atoms with Crippen LogP contribution >= 0.6 is 11.6 Å². The third-order valence-electron chi connectivity index (χ3n) is 3.78. The van der Waals surface area contributed by atoms with Crippen LogP contribution in [0.25, 0.3) is 0 Å². The second kappa shape index (κ2) is 10.2. The van der Waals surface area contributed by atoms with Gasteiger partial charge in [-0.05, 0) is 43.2 Å². The van der Waals surface area contributed by atoms with Gasteiger partial charge < -0.3 is 21.5 Å². The molecule has 0 bridgehead atoms. The van der Waals surface area contributed by atoms with Gasteiger partial charge in [0.05, 0.1) is 12.2 Å². The van der Waals surface area contributed by atoms with E-state index >= 15 is 0 Å². The molecule has 1 atom stereocenters. The summed E-state index contributed by atoms with van der Waals surface area (Å²) in [6.07, 6.45) is 1.34. The van der Waals surface area contributed by atoms with Crippen LogP contribution in [0.15, 0.2) is 47.5 Å². The maximum absolute atomic E-state index is 12.5. The Morgan fingerprint density at radius 3 is 2.53 bits per heavy atom. The number of pyridine rings is 1. The fraction of sp³-hybridized carbons (Fsp3) is 0.235. The zero-order valence-corrected chi connectivity index (χ0v) is 17.2. The number of sulfonamides is 1. The Balaban J connectivity index is 2.01. The molecule has 0 aliphatic carbocycles. The van der Waals surface area contributed by atoms with E-state index in [4.69, 9.17) is 33.2 Å². The Kier molecular flexibility index (Phi) is 7.94. The SMILES string of the molecule is N=C(N)NCCC[C@@H](N)C(=O)N(O)S(=O)(=O)c1ccc(Oc2ccc(Cl)cc2)nc1. The van der Waals surface area contributed by atoms with Crippen LogP contribution in [0.1, 0.15) is 12.8 Å². The Labute approximate surface area is 178 Å². The topological polar surface area (TPSA) is 185 Å². The summed E-state index contributed by atoms with van der Waals surface area (Å²) in [5.41, 5.74) is 10.8. The number of aromatic nitrogens is 1. The van der Waals surface area contributed by atoms with E-state index in [1.54, 1.807) is 24.3 Å². The van der Waals surface area contributed by atoms with Crippen molar-refractivity contribution in [3.8, 4) is 11.6 Å². The van der Waals surface area contributed by atoms with Gasteiger partial charge in [0.25, 0.3) is 15.9 Å². The van der Waals surface area contributed by atoms with Crippen LogP contribution in [-0.4, -0.2) is 47.5 Å². The van der Waals surface area contributed by atoms with Gasteiger partial charge in [0.1, 0.15) is 10.6 Å². The Bertz CT molecular complexity index is 985. The first-order valence-electron chi connectivity index (χ1n) is 8.62. The number of nitrogens with one attached hydrogen (secondary N) is 2. The molecule has 1 amide bonds. The molecule has 162 valence electrons. The van der Waals surface area contributed by atoms with Crippen molar-refractivity contribution in [3.05, 3.63) is 47.6 Å². The number of hydrogen-bond acceptors (Lipinski definition) is 8. The lowest BCUT2D eigenvalue weighted by molar-refractivity contribution is -0.147. The molecule has 7 N–H and O–H groups in total. The van der Waals surface area contributed by atoms with Gasteiger partial charge in [-0.15, -0.1) is 4.47 Å². The Morgan fingerprint density at radius 1 is 1.30 bits per heavy atom. The number of hydrogen-bond donors (Lipinski definition) is 5. The van der Waals surface area contributed by atoms with E-state index in [2.05, 4.69) is 10.3 Å². The molecule has 30 heavy (non-hydrogen) atoms. The average molecular weight is 457 g/mol. The highest BCUT2D eigenvalue weighted by Crippen LogP contribution is 2.23. The average Bonchev–Trinajstić information content (AvgIpc) is 2.71. The number of carbonyl (C=O) groups excluding carboxylic acids is 1. The predicted octanol–water partition coefficient (Wildman–Crippen LogP) is 1.02. The van der Waals surface area contributed by atoms with Gasteiger partial charge in [0, 0.05) is 17.6 Å². The van der Waals surface area contributed by atoms with Crippen molar-refractivity contribution in [2.45, 2.75) is 23.8 Å². The third kappa shape index (κ3) is 6.29. The van der Waals surface area contributed by atoms with Crippen LogP contribution in [0.3, 0.4) is 0 Å². The quantitative estimate of drug-likeness (QED) is 0.121. The summed E-state index contributed by atoms with van der Waals surface area (Å²) in [5, 5.41) is 20.0. The first-order chi connectivity index (χ1) is 14.1. The van der Waals surface area contributed by atoms with Crippen LogP contribution < -0.4 is 21.5 Å². The van der Waals surface area contributed by atoms with Crippen molar-refractivity contribution < 1.29 is 23.2 Å². The number of hydroxylamine groups is 1. The molecule has 0 unspecified atom stereocenters. The van der Waals surface area contributed by atoms with Crippen molar-refractivity contribution in [2.75, 3.05) is 6.54 Å². The first-order valence-corrected chi connectivity index (χ1v) is 10.4. The summed E-state index contributed by atoms with van der Waals surface area (Å²) >= 11 is 5.79. The number of nitrogens with zero attached hydrogens (tertiary/aromatic N) is 2. The minimum atomic E-state index is -4.57. The fourth-order valence-electron chi connectivity index (χ4n) is 2.23. The molecule has 2 rings (SSSR count). The molecular weight excluding hydrogens is 436 g/mol. The van der Waals surface area contributed by atoms with E-state index in [0.717, 1.165) is 12.3 Å². The molecular formula is C17H21ClN6O5S. The number of amides is 1. The molecule has 0 spiro atoms. The van der Waals surface area contributed by atoms with E-state index in [-0.39, 0.29) is 24.8 Å². The van der Waals surface area contributed by atoms with Crippen LogP contribution in [0, 0.1) is 5.41 Å². The predicted molar refractivity (Wildman–Crippen MR) is 109 cm³/mol. The highest BCUT2D eigenvalue weighted by atomic mass is 35.5. The molecule has 1 heterocycles. The number of ether oxygens (including phenoxy) is 1. The fourth-order valence-corrected chi connectivity index (χ4v) is 3.36. The lowest BCUT2D eigenvalue weighted by atomic mass is 10.1. The van der Waals surface area contributed by atoms with Gasteiger partial charge in [0.2, 0.25) is 5.88 Å². The summed E-state index contributed by atoms with van der Waals surface area (Å²) in [5.74, 6) is -0.898. The monoisotopic (exact) mass is 456 g/mol. The molecule has 13 heteroatoms. The largest absolute Gasteiger partial charge is 0.439 e. The summed E-state index contributed by atoms with van der Waals surface area (Å²) in [6, 6.07) is 7.58. The van der Waals surface area contributed by atoms with E-state index in [0.29, 0.717) is 17.2 Å². The molecule has 0 aliphatic heterocycles. The molecule has 1 aromatic heterocycles. The van der Waals surface area contributed by atoms with Gasteiger partial charge in [-0.3, -0.25) is 15.4 Å². The van der Waals surface area contributed by atoms with Crippen LogP contribution in [-0.2, 0) is 14.8 Å². The van der Waals surface area contributed by atoms with Crippen LogP contribution in [0.4, 0.5) is 0 Å². The third-order valence-corrected chi connectivity index (χ3v) is 5.51. The molecule has 1 aromatic carbocycles. The summed E-state index contributed by atoms with van der Waals surface area (Å²) < 4.78 is 30.0. The van der Waals surface area contributed by atoms with Crippen molar-refractivity contribution in [2.24, 2.45) is 11.5 Å². The highest BCUT2D eigenvalue weighted by molar-refractivity contribution is 7.89. The zero-order chi connectivity index (χ0) is 22.3. The summed E-state index contributed by atoms with van der Waals surface area (Å²) in [7, 11) is -4.57. The van der Waals surface area contributed by atoms with Gasteiger partial charge in [0.15, 0.2) is 5.96 Å². The summed E-state index contributed by atoms with van der Waals surface area (Å²) in [6.45, 7) is 0.271. The van der Waals surface area contributed by atoms with Crippen molar-refractivity contribution in [3.63, 3.8) is 0 Å². The number of rotatable bonds is 9.